The van der Waals surface area contributed by atoms with E-state index >= 15 is 0 Å². The first-order valence-corrected chi connectivity index (χ1v) is 11.2. The lowest BCUT2D eigenvalue weighted by Gasteiger charge is -2.15. The molecule has 4 aromatic rings. The van der Waals surface area contributed by atoms with Gasteiger partial charge < -0.3 is 19.2 Å². The van der Waals surface area contributed by atoms with Crippen LogP contribution >= 0.6 is 11.6 Å². The topological polar surface area (TPSA) is 80.2 Å². The van der Waals surface area contributed by atoms with Crippen molar-refractivity contribution in [1.29, 1.82) is 5.26 Å². The van der Waals surface area contributed by atoms with E-state index in [1.54, 1.807) is 19.3 Å². The van der Waals surface area contributed by atoms with Crippen molar-refractivity contribution < 1.29 is 14.2 Å². The van der Waals surface area contributed by atoms with Gasteiger partial charge in [-0.3, -0.25) is 0 Å². The third-order valence-corrected chi connectivity index (χ3v) is 5.45. The molecule has 0 spiro atoms. The molecule has 0 saturated heterocycles. The number of aromatic amines is 1. The van der Waals surface area contributed by atoms with Crippen molar-refractivity contribution in [3.8, 4) is 23.3 Å². The third kappa shape index (κ3) is 5.16. The molecule has 0 aliphatic heterocycles. The van der Waals surface area contributed by atoms with Gasteiger partial charge >= 0.3 is 0 Å². The summed E-state index contributed by atoms with van der Waals surface area (Å²) in [5.41, 5.74) is 4.78. The Balaban J connectivity index is 1.66. The summed E-state index contributed by atoms with van der Waals surface area (Å²) in [7, 11) is 1.60. The smallest absolute Gasteiger partial charge is 0.180 e. The van der Waals surface area contributed by atoms with E-state index in [1.165, 1.54) is 0 Å². The Hall–Kier alpha value is -3.95. The molecule has 3 aromatic carbocycles. The Bertz CT molecular complexity index is 1400. The number of rotatable bonds is 8. The SMILES string of the molecule is CCOc1cc(/C=C(/C#N)c2nc3ccc(OC)cc3[nH]2)cc(Cl)c1OCc1cccc(C)c1. The Morgan fingerprint density at radius 3 is 2.74 bits per heavy atom. The van der Waals surface area contributed by atoms with Gasteiger partial charge in [0.1, 0.15) is 24.3 Å². The molecular formula is C27H24ClN3O3. The molecule has 1 heterocycles. The fourth-order valence-corrected chi connectivity index (χ4v) is 3.87. The predicted molar refractivity (Wildman–Crippen MR) is 134 cm³/mol. The van der Waals surface area contributed by atoms with E-state index < -0.39 is 0 Å². The zero-order valence-electron chi connectivity index (χ0n) is 19.2. The van der Waals surface area contributed by atoms with Crippen molar-refractivity contribution in [2.24, 2.45) is 0 Å². The molecule has 4 rings (SSSR count). The fraction of sp³-hybridized carbons (Fsp3) is 0.185. The van der Waals surface area contributed by atoms with Crippen LogP contribution in [0.1, 0.15) is 29.4 Å². The number of imidazole rings is 1. The number of ether oxygens (including phenoxy) is 3. The summed E-state index contributed by atoms with van der Waals surface area (Å²) in [4.78, 5) is 7.71. The number of hydrogen-bond donors (Lipinski definition) is 1. The summed E-state index contributed by atoms with van der Waals surface area (Å²) in [6.07, 6.45) is 1.72. The standard InChI is InChI=1S/C27H24ClN3O3/c1-4-33-25-13-19(12-22(28)26(25)34-16-18-7-5-6-17(2)10-18)11-20(15-29)27-30-23-9-8-21(32-3)14-24(23)31-27/h5-14H,4,16H2,1-3H3,(H,30,31)/b20-11-. The van der Waals surface area contributed by atoms with Gasteiger partial charge in [0.25, 0.3) is 0 Å². The van der Waals surface area contributed by atoms with Crippen molar-refractivity contribution in [3.63, 3.8) is 0 Å². The number of allylic oxidation sites excluding steroid dienone is 1. The van der Waals surface area contributed by atoms with Gasteiger partial charge in [0.15, 0.2) is 11.5 Å². The zero-order chi connectivity index (χ0) is 24.1. The number of benzene rings is 3. The summed E-state index contributed by atoms with van der Waals surface area (Å²) in [5, 5.41) is 10.2. The summed E-state index contributed by atoms with van der Waals surface area (Å²) in [5.74, 6) is 2.15. The first-order valence-electron chi connectivity index (χ1n) is 10.8. The predicted octanol–water partition coefficient (Wildman–Crippen LogP) is 6.58. The molecule has 34 heavy (non-hydrogen) atoms. The van der Waals surface area contributed by atoms with Crippen molar-refractivity contribution in [2.75, 3.05) is 13.7 Å². The second-order valence-electron chi connectivity index (χ2n) is 7.68. The largest absolute Gasteiger partial charge is 0.497 e. The average Bonchev–Trinajstić information content (AvgIpc) is 3.25. The maximum Gasteiger partial charge on any atom is 0.180 e. The van der Waals surface area contributed by atoms with Gasteiger partial charge in [-0.2, -0.15) is 5.26 Å². The monoisotopic (exact) mass is 473 g/mol. The summed E-state index contributed by atoms with van der Waals surface area (Å²) < 4.78 is 17.1. The molecule has 0 saturated carbocycles. The molecule has 0 atom stereocenters. The van der Waals surface area contributed by atoms with Crippen LogP contribution in [0.15, 0.2) is 54.6 Å². The zero-order valence-corrected chi connectivity index (χ0v) is 19.9. The molecule has 0 bridgehead atoms. The lowest BCUT2D eigenvalue weighted by atomic mass is 10.1. The van der Waals surface area contributed by atoms with Crippen LogP contribution in [0.4, 0.5) is 0 Å². The first-order chi connectivity index (χ1) is 16.5. The van der Waals surface area contributed by atoms with E-state index in [1.807, 2.05) is 56.3 Å². The molecule has 0 aliphatic rings. The summed E-state index contributed by atoms with van der Waals surface area (Å²) in [6.45, 7) is 4.74. The van der Waals surface area contributed by atoms with Crippen LogP contribution in [0.3, 0.4) is 0 Å². The number of aromatic nitrogens is 2. The number of halogens is 1. The first kappa shape index (κ1) is 23.2. The number of hydrogen-bond acceptors (Lipinski definition) is 5. The van der Waals surface area contributed by atoms with Crippen LogP contribution in [-0.2, 0) is 6.61 Å². The number of fused-ring (bicyclic) bond motifs is 1. The van der Waals surface area contributed by atoms with Crippen molar-refractivity contribution in [2.45, 2.75) is 20.5 Å². The van der Waals surface area contributed by atoms with Crippen molar-refractivity contribution in [3.05, 3.63) is 82.1 Å². The van der Waals surface area contributed by atoms with Crippen molar-refractivity contribution >= 4 is 34.3 Å². The summed E-state index contributed by atoms with van der Waals surface area (Å²) >= 11 is 6.58. The highest BCUT2D eigenvalue weighted by Gasteiger charge is 2.15. The minimum Gasteiger partial charge on any atom is -0.497 e. The average molecular weight is 474 g/mol. The maximum absolute atomic E-state index is 9.80. The number of aryl methyl sites for hydroxylation is 1. The highest BCUT2D eigenvalue weighted by atomic mass is 35.5. The lowest BCUT2D eigenvalue weighted by Crippen LogP contribution is -2.01. The number of nitrogens with one attached hydrogen (secondary N) is 1. The van der Waals surface area contributed by atoms with Crippen LogP contribution in [0.2, 0.25) is 5.02 Å². The Morgan fingerprint density at radius 1 is 1.15 bits per heavy atom. The molecule has 1 N–H and O–H groups in total. The van der Waals surface area contributed by atoms with Gasteiger partial charge in [0, 0.05) is 6.07 Å². The third-order valence-electron chi connectivity index (χ3n) is 5.17. The Labute approximate surface area is 203 Å². The molecule has 0 unspecified atom stereocenters. The maximum atomic E-state index is 9.80. The molecule has 1 aromatic heterocycles. The molecule has 172 valence electrons. The van der Waals surface area contributed by atoms with Crippen molar-refractivity contribution in [1.82, 2.24) is 9.97 Å². The van der Waals surface area contributed by atoms with Crippen LogP contribution in [-0.4, -0.2) is 23.7 Å². The molecule has 0 amide bonds. The minimum atomic E-state index is 0.363. The second kappa shape index (κ2) is 10.3. The quantitative estimate of drug-likeness (QED) is 0.292. The normalized spacial score (nSPS) is 11.3. The molecule has 7 heteroatoms. The van der Waals surface area contributed by atoms with E-state index in [9.17, 15) is 5.26 Å². The van der Waals surface area contributed by atoms with E-state index in [0.717, 1.165) is 22.2 Å². The number of H-pyrrole nitrogens is 1. The van der Waals surface area contributed by atoms with E-state index in [4.69, 9.17) is 25.8 Å². The van der Waals surface area contributed by atoms with Gasteiger partial charge in [-0.1, -0.05) is 41.4 Å². The molecule has 0 radical (unpaired) electrons. The molecule has 6 nitrogen and oxygen atoms in total. The highest BCUT2D eigenvalue weighted by molar-refractivity contribution is 6.32. The van der Waals surface area contributed by atoms with Gasteiger partial charge in [-0.05, 0) is 55.3 Å². The summed E-state index contributed by atoms with van der Waals surface area (Å²) in [6, 6.07) is 19.4. The number of methoxy groups -OCH3 is 1. The van der Waals surface area contributed by atoms with Gasteiger partial charge in [0.05, 0.1) is 35.3 Å². The van der Waals surface area contributed by atoms with Gasteiger partial charge in [-0.25, -0.2) is 4.98 Å². The van der Waals surface area contributed by atoms with Crippen LogP contribution in [0.25, 0.3) is 22.7 Å². The Morgan fingerprint density at radius 2 is 2.00 bits per heavy atom. The Kier molecular flexibility index (Phi) is 7.05. The van der Waals surface area contributed by atoms with E-state index in [-0.39, 0.29) is 0 Å². The van der Waals surface area contributed by atoms with Gasteiger partial charge in [0.2, 0.25) is 0 Å². The fourth-order valence-electron chi connectivity index (χ4n) is 3.60. The van der Waals surface area contributed by atoms with Crippen LogP contribution < -0.4 is 14.2 Å². The van der Waals surface area contributed by atoms with E-state index in [2.05, 4.69) is 22.1 Å². The number of nitrogens with zero attached hydrogens (tertiary/aromatic N) is 2. The highest BCUT2D eigenvalue weighted by Crippen LogP contribution is 2.38. The van der Waals surface area contributed by atoms with E-state index in [0.29, 0.717) is 52.4 Å². The molecular weight excluding hydrogens is 450 g/mol. The molecule has 0 fully saturated rings. The minimum absolute atomic E-state index is 0.363. The van der Waals surface area contributed by atoms with Gasteiger partial charge in [-0.15, -0.1) is 0 Å². The molecule has 0 aliphatic carbocycles. The second-order valence-corrected chi connectivity index (χ2v) is 8.09. The van der Waals surface area contributed by atoms with Crippen LogP contribution in [0, 0.1) is 18.3 Å². The lowest BCUT2D eigenvalue weighted by molar-refractivity contribution is 0.269. The van der Waals surface area contributed by atoms with Crippen LogP contribution in [0.5, 0.6) is 17.2 Å². The number of nitriles is 1.